The van der Waals surface area contributed by atoms with Crippen molar-refractivity contribution in [3.8, 4) is 11.5 Å². The number of aryl methyl sites for hydroxylation is 1. The van der Waals surface area contributed by atoms with E-state index in [1.54, 1.807) is 7.11 Å². The molecule has 0 fully saturated rings. The van der Waals surface area contributed by atoms with E-state index in [0.717, 1.165) is 30.2 Å². The van der Waals surface area contributed by atoms with Crippen molar-refractivity contribution < 1.29 is 14.2 Å². The Bertz CT molecular complexity index is 598. The van der Waals surface area contributed by atoms with Crippen LogP contribution in [0.5, 0.6) is 11.5 Å². The van der Waals surface area contributed by atoms with E-state index in [9.17, 15) is 0 Å². The van der Waals surface area contributed by atoms with Gasteiger partial charge in [0.05, 0.1) is 13.2 Å². The maximum atomic E-state index is 5.93. The predicted octanol–water partition coefficient (Wildman–Crippen LogP) is 4.15. The van der Waals surface area contributed by atoms with Crippen LogP contribution in [0.2, 0.25) is 0 Å². The molecule has 1 atom stereocenters. The van der Waals surface area contributed by atoms with Crippen molar-refractivity contribution in [3.63, 3.8) is 0 Å². The van der Waals surface area contributed by atoms with Crippen molar-refractivity contribution in [2.75, 3.05) is 32.2 Å². The summed E-state index contributed by atoms with van der Waals surface area (Å²) in [5.41, 5.74) is 2.33. The van der Waals surface area contributed by atoms with E-state index in [1.807, 2.05) is 36.4 Å². The van der Waals surface area contributed by atoms with E-state index in [4.69, 9.17) is 14.2 Å². The molecule has 0 aliphatic carbocycles. The number of benzene rings is 2. The smallest absolute Gasteiger partial charge is 0.121 e. The largest absolute Gasteiger partial charge is 0.491 e. The topological polar surface area (TPSA) is 39.7 Å². The third-order valence-corrected chi connectivity index (χ3v) is 3.65. The molecule has 2 aromatic rings. The normalized spacial score (nSPS) is 11.8. The third-order valence-electron chi connectivity index (χ3n) is 3.65. The fourth-order valence-electron chi connectivity index (χ4n) is 2.28. The van der Waals surface area contributed by atoms with Gasteiger partial charge in [0.15, 0.2) is 0 Å². The summed E-state index contributed by atoms with van der Waals surface area (Å²) in [5.74, 6) is 1.74. The van der Waals surface area contributed by atoms with Crippen LogP contribution in [-0.4, -0.2) is 33.0 Å². The van der Waals surface area contributed by atoms with Crippen LogP contribution in [0.25, 0.3) is 0 Å². The minimum absolute atomic E-state index is 0.0653. The summed E-state index contributed by atoms with van der Waals surface area (Å²) in [6.07, 6.45) is 1.11. The molecule has 2 rings (SSSR count). The van der Waals surface area contributed by atoms with E-state index >= 15 is 0 Å². The summed E-state index contributed by atoms with van der Waals surface area (Å²) in [4.78, 5) is 0. The van der Waals surface area contributed by atoms with Gasteiger partial charge in [-0.2, -0.15) is 0 Å². The molecule has 24 heavy (non-hydrogen) atoms. The maximum Gasteiger partial charge on any atom is 0.121 e. The monoisotopic (exact) mass is 329 g/mol. The summed E-state index contributed by atoms with van der Waals surface area (Å²) < 4.78 is 16.5. The Kier molecular flexibility index (Phi) is 7.43. The summed E-state index contributed by atoms with van der Waals surface area (Å²) in [6, 6.07) is 16.2. The van der Waals surface area contributed by atoms with E-state index < -0.39 is 0 Å². The van der Waals surface area contributed by atoms with Crippen LogP contribution in [0.1, 0.15) is 19.4 Å². The van der Waals surface area contributed by atoms with E-state index in [0.29, 0.717) is 13.2 Å². The van der Waals surface area contributed by atoms with Crippen LogP contribution in [0.4, 0.5) is 5.69 Å². The van der Waals surface area contributed by atoms with E-state index in [1.165, 1.54) is 5.56 Å². The van der Waals surface area contributed by atoms with Gasteiger partial charge in [0.2, 0.25) is 0 Å². The zero-order valence-electron chi connectivity index (χ0n) is 14.7. The zero-order chi connectivity index (χ0) is 17.2. The van der Waals surface area contributed by atoms with Gasteiger partial charge in [0, 0.05) is 18.9 Å². The van der Waals surface area contributed by atoms with Crippen LogP contribution in [-0.2, 0) is 11.2 Å². The molecule has 0 aliphatic rings. The summed E-state index contributed by atoms with van der Waals surface area (Å²) in [6.45, 7) is 6.05. The second-order valence-electron chi connectivity index (χ2n) is 5.68. The minimum Gasteiger partial charge on any atom is -0.491 e. The lowest BCUT2D eigenvalue weighted by Gasteiger charge is -2.17. The van der Waals surface area contributed by atoms with Crippen molar-refractivity contribution >= 4 is 5.69 Å². The van der Waals surface area contributed by atoms with Gasteiger partial charge in [-0.05, 0) is 43.2 Å². The van der Waals surface area contributed by atoms with Gasteiger partial charge >= 0.3 is 0 Å². The molecule has 4 heteroatoms. The molecule has 0 bridgehead atoms. The average Bonchev–Trinajstić information content (AvgIpc) is 2.61. The first-order valence-corrected chi connectivity index (χ1v) is 8.42. The molecule has 2 aromatic carbocycles. The van der Waals surface area contributed by atoms with Crippen molar-refractivity contribution in [1.82, 2.24) is 0 Å². The number of anilines is 1. The van der Waals surface area contributed by atoms with Crippen molar-refractivity contribution in [2.45, 2.75) is 26.4 Å². The minimum atomic E-state index is 0.0653. The Balaban J connectivity index is 1.80. The Morgan fingerprint density at radius 1 is 1.00 bits per heavy atom. The van der Waals surface area contributed by atoms with Crippen molar-refractivity contribution in [2.24, 2.45) is 0 Å². The average molecular weight is 329 g/mol. The standard InChI is InChI=1S/C20H27NO3/c1-4-17-8-10-19(11-9-17)24-16(2)15-21-18-6-5-7-20(14-18)23-13-12-22-3/h5-11,14,16,21H,4,12-13,15H2,1-3H3. The number of rotatable bonds is 10. The zero-order valence-corrected chi connectivity index (χ0v) is 14.7. The van der Waals surface area contributed by atoms with Gasteiger partial charge < -0.3 is 19.5 Å². The van der Waals surface area contributed by atoms with Gasteiger partial charge in [-0.25, -0.2) is 0 Å². The third kappa shape index (κ3) is 6.13. The number of nitrogens with one attached hydrogen (secondary N) is 1. The number of methoxy groups -OCH3 is 1. The fraction of sp³-hybridized carbons (Fsp3) is 0.400. The molecule has 0 radical (unpaired) electrons. The summed E-state index contributed by atoms with van der Waals surface area (Å²) >= 11 is 0. The number of hydrogen-bond acceptors (Lipinski definition) is 4. The SMILES string of the molecule is CCc1ccc(OC(C)CNc2cccc(OCCOC)c2)cc1. The van der Waals surface area contributed by atoms with Gasteiger partial charge in [-0.3, -0.25) is 0 Å². The lowest BCUT2D eigenvalue weighted by Crippen LogP contribution is -2.22. The molecule has 0 saturated heterocycles. The molecular formula is C20H27NO3. The van der Waals surface area contributed by atoms with Gasteiger partial charge in [0.25, 0.3) is 0 Å². The van der Waals surface area contributed by atoms with Crippen LogP contribution in [0.3, 0.4) is 0 Å². The van der Waals surface area contributed by atoms with Crippen molar-refractivity contribution in [1.29, 1.82) is 0 Å². The molecule has 4 nitrogen and oxygen atoms in total. The summed E-state index contributed by atoms with van der Waals surface area (Å²) in [5, 5.41) is 3.38. The molecule has 0 saturated carbocycles. The predicted molar refractivity (Wildman–Crippen MR) is 98.2 cm³/mol. The molecule has 0 amide bonds. The Labute approximate surface area is 144 Å². The second-order valence-corrected chi connectivity index (χ2v) is 5.68. The molecular weight excluding hydrogens is 302 g/mol. The molecule has 130 valence electrons. The van der Waals surface area contributed by atoms with Gasteiger partial charge in [-0.15, -0.1) is 0 Å². The van der Waals surface area contributed by atoms with E-state index in [2.05, 4.69) is 31.3 Å². The Hall–Kier alpha value is -2.20. The first-order chi connectivity index (χ1) is 11.7. The van der Waals surface area contributed by atoms with Crippen LogP contribution >= 0.6 is 0 Å². The first kappa shape index (κ1) is 18.1. The summed E-state index contributed by atoms with van der Waals surface area (Å²) in [7, 11) is 1.67. The second kappa shape index (κ2) is 9.83. The highest BCUT2D eigenvalue weighted by Gasteiger charge is 2.05. The molecule has 0 heterocycles. The highest BCUT2D eigenvalue weighted by Crippen LogP contribution is 2.18. The maximum absolute atomic E-state index is 5.93. The number of ether oxygens (including phenoxy) is 3. The molecule has 0 aliphatic heterocycles. The molecule has 0 aromatic heterocycles. The Morgan fingerprint density at radius 3 is 2.50 bits per heavy atom. The van der Waals surface area contributed by atoms with Gasteiger partial charge in [-0.1, -0.05) is 25.1 Å². The van der Waals surface area contributed by atoms with Crippen LogP contribution < -0.4 is 14.8 Å². The van der Waals surface area contributed by atoms with Gasteiger partial charge in [0.1, 0.15) is 24.2 Å². The lowest BCUT2D eigenvalue weighted by atomic mass is 10.2. The number of hydrogen-bond donors (Lipinski definition) is 1. The fourth-order valence-corrected chi connectivity index (χ4v) is 2.28. The molecule has 1 N–H and O–H groups in total. The quantitative estimate of drug-likeness (QED) is 0.665. The highest BCUT2D eigenvalue weighted by atomic mass is 16.5. The van der Waals surface area contributed by atoms with Crippen LogP contribution in [0, 0.1) is 0 Å². The molecule has 0 spiro atoms. The first-order valence-electron chi connectivity index (χ1n) is 8.42. The van der Waals surface area contributed by atoms with Crippen LogP contribution in [0.15, 0.2) is 48.5 Å². The highest BCUT2D eigenvalue weighted by molar-refractivity contribution is 5.48. The van der Waals surface area contributed by atoms with E-state index in [-0.39, 0.29) is 6.10 Å². The molecule has 1 unspecified atom stereocenters. The lowest BCUT2D eigenvalue weighted by molar-refractivity contribution is 0.146. The Morgan fingerprint density at radius 2 is 1.79 bits per heavy atom. The van der Waals surface area contributed by atoms with Crippen molar-refractivity contribution in [3.05, 3.63) is 54.1 Å².